The molecule has 1 aromatic carbocycles. The standard InChI is InChI=1S/C21H27F3N4OSi/c1-15-14-27(19-18(21(22,23)24)6-5-11-25-19)12-13-28(15)20(29)26-16-7-9-17(10-8-16)30(2,3)4/h5-11,15H,12-14H2,1-4H3,(H,26,29)/t15-/m1/s1. The summed E-state index contributed by atoms with van der Waals surface area (Å²) in [6, 6.07) is 9.70. The minimum atomic E-state index is -4.47. The van der Waals surface area contributed by atoms with Gasteiger partial charge in [0.05, 0.1) is 13.6 Å². The molecule has 9 heteroatoms. The molecule has 0 bridgehead atoms. The molecule has 1 N–H and O–H groups in total. The molecule has 1 aliphatic heterocycles. The van der Waals surface area contributed by atoms with Gasteiger partial charge in [-0.25, -0.2) is 9.78 Å². The number of amides is 2. The van der Waals surface area contributed by atoms with Crippen LogP contribution in [0, 0.1) is 0 Å². The molecule has 1 aromatic heterocycles. The first-order valence-electron chi connectivity index (χ1n) is 9.92. The van der Waals surface area contributed by atoms with Gasteiger partial charge in [-0.3, -0.25) is 0 Å². The molecule has 1 atom stereocenters. The number of anilines is 2. The van der Waals surface area contributed by atoms with E-state index in [1.807, 2.05) is 31.2 Å². The molecule has 2 aromatic rings. The molecule has 0 spiro atoms. The van der Waals surface area contributed by atoms with Gasteiger partial charge < -0.3 is 15.1 Å². The van der Waals surface area contributed by atoms with Gasteiger partial charge in [-0.15, -0.1) is 0 Å². The van der Waals surface area contributed by atoms with Crippen molar-refractivity contribution in [2.45, 2.75) is 38.8 Å². The monoisotopic (exact) mass is 436 g/mol. The molecule has 3 rings (SSSR count). The van der Waals surface area contributed by atoms with Gasteiger partial charge in [0.15, 0.2) is 0 Å². The topological polar surface area (TPSA) is 48.5 Å². The third-order valence-corrected chi connectivity index (χ3v) is 7.35. The van der Waals surface area contributed by atoms with Crippen LogP contribution in [0.15, 0.2) is 42.6 Å². The van der Waals surface area contributed by atoms with Crippen molar-refractivity contribution in [2.24, 2.45) is 0 Å². The Morgan fingerprint density at radius 2 is 1.80 bits per heavy atom. The van der Waals surface area contributed by atoms with Gasteiger partial charge >= 0.3 is 12.2 Å². The van der Waals surface area contributed by atoms with Crippen molar-refractivity contribution in [3.05, 3.63) is 48.2 Å². The zero-order chi connectivity index (χ0) is 22.1. The smallest absolute Gasteiger partial charge is 0.352 e. The summed E-state index contributed by atoms with van der Waals surface area (Å²) >= 11 is 0. The van der Waals surface area contributed by atoms with Crippen LogP contribution in [0.4, 0.5) is 29.5 Å². The minimum Gasteiger partial charge on any atom is -0.352 e. The molecule has 1 fully saturated rings. The Bertz CT molecular complexity index is 896. The van der Waals surface area contributed by atoms with Crippen molar-refractivity contribution < 1.29 is 18.0 Å². The Morgan fingerprint density at radius 3 is 2.37 bits per heavy atom. The molecule has 5 nitrogen and oxygen atoms in total. The summed E-state index contributed by atoms with van der Waals surface area (Å²) in [6.07, 6.45) is -3.11. The Labute approximate surface area is 175 Å². The Morgan fingerprint density at radius 1 is 1.13 bits per heavy atom. The SMILES string of the molecule is C[C@@H]1CN(c2ncccc2C(F)(F)F)CCN1C(=O)Nc1ccc([Si](C)(C)C)cc1. The first-order valence-corrected chi connectivity index (χ1v) is 13.4. The summed E-state index contributed by atoms with van der Waals surface area (Å²) in [5, 5.41) is 4.20. The third-order valence-electron chi connectivity index (χ3n) is 5.28. The number of hydrogen-bond acceptors (Lipinski definition) is 3. The summed E-state index contributed by atoms with van der Waals surface area (Å²) in [4.78, 5) is 19.9. The number of benzene rings is 1. The van der Waals surface area contributed by atoms with Crippen LogP contribution < -0.4 is 15.4 Å². The van der Waals surface area contributed by atoms with Crippen molar-refractivity contribution in [3.63, 3.8) is 0 Å². The minimum absolute atomic E-state index is 0.0844. The van der Waals surface area contributed by atoms with E-state index in [0.717, 1.165) is 6.07 Å². The van der Waals surface area contributed by atoms with E-state index in [0.29, 0.717) is 12.2 Å². The lowest BCUT2D eigenvalue weighted by molar-refractivity contribution is -0.137. The summed E-state index contributed by atoms with van der Waals surface area (Å²) in [6.45, 7) is 9.48. The van der Waals surface area contributed by atoms with Crippen LogP contribution in [-0.4, -0.2) is 49.7 Å². The van der Waals surface area contributed by atoms with Gasteiger partial charge in [-0.2, -0.15) is 13.2 Å². The van der Waals surface area contributed by atoms with Crippen molar-refractivity contribution in [2.75, 3.05) is 29.9 Å². The number of nitrogens with one attached hydrogen (secondary N) is 1. The molecule has 2 heterocycles. The van der Waals surface area contributed by atoms with Crippen LogP contribution in [0.25, 0.3) is 0 Å². The van der Waals surface area contributed by atoms with Crippen LogP contribution in [0.2, 0.25) is 19.6 Å². The number of aromatic nitrogens is 1. The molecule has 1 aliphatic rings. The third kappa shape index (κ3) is 4.95. The van der Waals surface area contributed by atoms with E-state index < -0.39 is 19.8 Å². The number of nitrogens with zero attached hydrogens (tertiary/aromatic N) is 3. The van der Waals surface area contributed by atoms with Crippen LogP contribution in [0.5, 0.6) is 0 Å². The molecular weight excluding hydrogens is 409 g/mol. The molecule has 0 aliphatic carbocycles. The molecule has 2 amide bonds. The van der Waals surface area contributed by atoms with Crippen LogP contribution in [0.1, 0.15) is 12.5 Å². The Kier molecular flexibility index (Phi) is 6.12. The van der Waals surface area contributed by atoms with Gasteiger partial charge in [0.25, 0.3) is 0 Å². The fourth-order valence-corrected chi connectivity index (χ4v) is 4.74. The van der Waals surface area contributed by atoms with E-state index in [1.165, 1.54) is 17.4 Å². The number of alkyl halides is 3. The van der Waals surface area contributed by atoms with Gasteiger partial charge in [0.2, 0.25) is 0 Å². The highest BCUT2D eigenvalue weighted by Crippen LogP contribution is 2.35. The van der Waals surface area contributed by atoms with Crippen molar-refractivity contribution in [1.82, 2.24) is 9.88 Å². The largest absolute Gasteiger partial charge is 0.419 e. The summed E-state index contributed by atoms with van der Waals surface area (Å²) in [5.41, 5.74) is -0.0432. The highest BCUT2D eigenvalue weighted by Gasteiger charge is 2.37. The lowest BCUT2D eigenvalue weighted by Gasteiger charge is -2.40. The van der Waals surface area contributed by atoms with Gasteiger partial charge in [0, 0.05) is 37.6 Å². The van der Waals surface area contributed by atoms with Crippen molar-refractivity contribution in [1.29, 1.82) is 0 Å². The summed E-state index contributed by atoms with van der Waals surface area (Å²) in [5.74, 6) is -0.0844. The maximum atomic E-state index is 13.3. The number of urea groups is 1. The lowest BCUT2D eigenvalue weighted by Crippen LogP contribution is -2.55. The Balaban J connectivity index is 1.67. The van der Waals surface area contributed by atoms with E-state index in [4.69, 9.17) is 0 Å². The van der Waals surface area contributed by atoms with Gasteiger partial charge in [0.1, 0.15) is 5.82 Å². The van der Waals surface area contributed by atoms with E-state index in [1.54, 1.807) is 9.80 Å². The van der Waals surface area contributed by atoms with E-state index in [2.05, 4.69) is 29.9 Å². The number of carbonyl (C=O) groups is 1. The Hall–Kier alpha value is -2.55. The predicted octanol–water partition coefficient (Wildman–Crippen LogP) is 4.39. The van der Waals surface area contributed by atoms with Crippen molar-refractivity contribution >= 4 is 30.8 Å². The average molecular weight is 437 g/mol. The molecule has 162 valence electrons. The molecule has 0 radical (unpaired) electrons. The molecule has 0 unspecified atom stereocenters. The second-order valence-electron chi connectivity index (χ2n) is 8.62. The van der Waals surface area contributed by atoms with E-state index in [9.17, 15) is 18.0 Å². The highest BCUT2D eigenvalue weighted by atomic mass is 28.3. The quantitative estimate of drug-likeness (QED) is 0.726. The van der Waals surface area contributed by atoms with E-state index >= 15 is 0 Å². The highest BCUT2D eigenvalue weighted by molar-refractivity contribution is 6.88. The van der Waals surface area contributed by atoms with Crippen LogP contribution in [0.3, 0.4) is 0 Å². The first-order chi connectivity index (χ1) is 14.0. The fourth-order valence-electron chi connectivity index (χ4n) is 3.57. The number of hydrogen-bond donors (Lipinski definition) is 1. The maximum absolute atomic E-state index is 13.3. The number of halogens is 3. The van der Waals surface area contributed by atoms with Crippen molar-refractivity contribution in [3.8, 4) is 0 Å². The van der Waals surface area contributed by atoms with Crippen LogP contribution in [-0.2, 0) is 6.18 Å². The average Bonchev–Trinajstić information content (AvgIpc) is 2.67. The fraction of sp³-hybridized carbons (Fsp3) is 0.429. The van der Waals surface area contributed by atoms with Crippen LogP contribution >= 0.6 is 0 Å². The molecule has 1 saturated heterocycles. The number of carbonyl (C=O) groups excluding carboxylic acids is 1. The number of piperazine rings is 1. The number of rotatable bonds is 3. The summed E-state index contributed by atoms with van der Waals surface area (Å²) in [7, 11) is -1.41. The second-order valence-corrected chi connectivity index (χ2v) is 13.7. The normalized spacial score (nSPS) is 17.8. The zero-order valence-corrected chi connectivity index (χ0v) is 18.6. The van der Waals surface area contributed by atoms with Gasteiger partial charge in [-0.05, 0) is 31.2 Å². The first kappa shape index (κ1) is 22.1. The van der Waals surface area contributed by atoms with Gasteiger partial charge in [-0.1, -0.05) is 37.0 Å². The zero-order valence-electron chi connectivity index (χ0n) is 17.6. The lowest BCUT2D eigenvalue weighted by atomic mass is 10.1. The number of pyridine rings is 1. The van der Waals surface area contributed by atoms with E-state index in [-0.39, 0.29) is 31.0 Å². The molecule has 30 heavy (non-hydrogen) atoms. The predicted molar refractivity (Wildman–Crippen MR) is 116 cm³/mol. The molecule has 0 saturated carbocycles. The maximum Gasteiger partial charge on any atom is 0.419 e. The molecular formula is C21H27F3N4OSi. The summed E-state index contributed by atoms with van der Waals surface area (Å²) < 4.78 is 39.9. The second kappa shape index (κ2) is 8.29.